The summed E-state index contributed by atoms with van der Waals surface area (Å²) in [5.74, 6) is 0.877. The van der Waals surface area contributed by atoms with Gasteiger partial charge in [-0.05, 0) is 92.8 Å². The summed E-state index contributed by atoms with van der Waals surface area (Å²) in [5.41, 5.74) is 1.26. The topological polar surface area (TPSA) is 80.9 Å². The van der Waals surface area contributed by atoms with E-state index in [1.807, 2.05) is 13.0 Å². The van der Waals surface area contributed by atoms with Crippen LogP contribution < -0.4 is 0 Å². The molecule has 0 aliphatic heterocycles. The van der Waals surface area contributed by atoms with Crippen molar-refractivity contribution in [3.8, 4) is 0 Å². The van der Waals surface area contributed by atoms with Gasteiger partial charge < -0.3 is 20.4 Å². The van der Waals surface area contributed by atoms with Gasteiger partial charge in [0, 0.05) is 5.92 Å². The molecule has 3 saturated carbocycles. The molecule has 0 amide bonds. The van der Waals surface area contributed by atoms with Crippen molar-refractivity contribution >= 4 is 0 Å². The molecular formula is C28H46O4. The molecule has 0 aromatic heterocycles. The smallest absolute Gasteiger partial charge is 0.0757 e. The lowest BCUT2D eigenvalue weighted by Crippen LogP contribution is -2.56. The average molecular weight is 447 g/mol. The lowest BCUT2D eigenvalue weighted by molar-refractivity contribution is -0.136. The molecule has 0 radical (unpaired) electrons. The number of hydrogen-bond acceptors (Lipinski definition) is 4. The third kappa shape index (κ3) is 3.74. The van der Waals surface area contributed by atoms with Crippen LogP contribution in [-0.4, -0.2) is 44.3 Å². The third-order valence-electron chi connectivity index (χ3n) is 10.6. The maximum atomic E-state index is 11.6. The highest BCUT2D eigenvalue weighted by Crippen LogP contribution is 2.67. The largest absolute Gasteiger partial charge is 0.393 e. The highest BCUT2D eigenvalue weighted by Gasteiger charge is 2.65. The summed E-state index contributed by atoms with van der Waals surface area (Å²) in [5, 5.41) is 44.5. The summed E-state index contributed by atoms with van der Waals surface area (Å²) < 4.78 is 0. The quantitative estimate of drug-likeness (QED) is 0.465. The second-order valence-corrected chi connectivity index (χ2v) is 12.8. The zero-order valence-electron chi connectivity index (χ0n) is 20.8. The van der Waals surface area contributed by atoms with Crippen molar-refractivity contribution in [1.29, 1.82) is 0 Å². The van der Waals surface area contributed by atoms with Crippen LogP contribution in [0.2, 0.25) is 0 Å². The van der Waals surface area contributed by atoms with Crippen molar-refractivity contribution in [2.45, 2.75) is 110 Å². The first-order valence-electron chi connectivity index (χ1n) is 13.0. The second kappa shape index (κ2) is 8.22. The van der Waals surface area contributed by atoms with Crippen molar-refractivity contribution in [2.24, 2.45) is 40.4 Å². The van der Waals surface area contributed by atoms with Gasteiger partial charge in [0.15, 0.2) is 0 Å². The summed E-state index contributed by atoms with van der Waals surface area (Å²) in [6.07, 6.45) is 7.17. The molecule has 4 aliphatic carbocycles. The third-order valence-corrected chi connectivity index (χ3v) is 10.6. The molecular weight excluding hydrogens is 400 g/mol. The monoisotopic (exact) mass is 446 g/mol. The Balaban J connectivity index is 1.62. The molecule has 4 aliphatic rings. The van der Waals surface area contributed by atoms with Crippen molar-refractivity contribution in [1.82, 2.24) is 0 Å². The van der Waals surface area contributed by atoms with Crippen LogP contribution in [0.25, 0.3) is 0 Å². The van der Waals surface area contributed by atoms with Crippen LogP contribution in [-0.2, 0) is 0 Å². The Hall–Kier alpha value is -0.680. The molecule has 4 rings (SSSR count). The molecule has 182 valence electrons. The lowest BCUT2D eigenvalue weighted by atomic mass is 9.46. The van der Waals surface area contributed by atoms with Crippen molar-refractivity contribution in [2.75, 3.05) is 0 Å². The van der Waals surface area contributed by atoms with Crippen LogP contribution in [0.15, 0.2) is 23.8 Å². The van der Waals surface area contributed by atoms with E-state index in [4.69, 9.17) is 0 Å². The summed E-state index contributed by atoms with van der Waals surface area (Å²) >= 11 is 0. The molecule has 4 N–H and O–H groups in total. The molecule has 0 heterocycles. The van der Waals surface area contributed by atoms with E-state index in [1.54, 1.807) is 0 Å². The summed E-state index contributed by atoms with van der Waals surface area (Å²) in [6.45, 7) is 15.0. The number of allylic oxidation sites excluding steroid dienone is 1. The predicted molar refractivity (Wildman–Crippen MR) is 128 cm³/mol. The van der Waals surface area contributed by atoms with Crippen LogP contribution in [0.4, 0.5) is 0 Å². The molecule has 3 fully saturated rings. The number of hydrogen-bond donors (Lipinski definition) is 4. The van der Waals surface area contributed by atoms with Gasteiger partial charge in [-0.1, -0.05) is 51.5 Å². The van der Waals surface area contributed by atoms with Crippen LogP contribution in [0.1, 0.15) is 86.0 Å². The van der Waals surface area contributed by atoms with Crippen LogP contribution in [0, 0.1) is 40.4 Å². The van der Waals surface area contributed by atoms with Gasteiger partial charge in [-0.25, -0.2) is 0 Å². The van der Waals surface area contributed by atoms with E-state index < -0.39 is 17.8 Å². The Morgan fingerprint density at radius 3 is 2.50 bits per heavy atom. The van der Waals surface area contributed by atoms with Gasteiger partial charge in [0.25, 0.3) is 0 Å². The summed E-state index contributed by atoms with van der Waals surface area (Å²) in [6, 6.07) is 0. The van der Waals surface area contributed by atoms with Crippen LogP contribution >= 0.6 is 0 Å². The molecule has 0 spiro atoms. The van der Waals surface area contributed by atoms with E-state index in [1.165, 1.54) is 5.57 Å². The number of fused-ring (bicyclic) bond motifs is 5. The molecule has 0 aromatic carbocycles. The average Bonchev–Trinajstić information content (AvgIpc) is 2.98. The highest BCUT2D eigenvalue weighted by molar-refractivity contribution is 5.28. The number of aliphatic hydroxyl groups is 4. The molecule has 10 atom stereocenters. The Morgan fingerprint density at radius 2 is 1.84 bits per heavy atom. The molecule has 4 nitrogen and oxygen atoms in total. The van der Waals surface area contributed by atoms with Gasteiger partial charge in [0.05, 0.1) is 23.9 Å². The normalized spacial score (nSPS) is 47.8. The predicted octanol–water partition coefficient (Wildman–Crippen LogP) is 4.61. The Kier molecular flexibility index (Phi) is 6.28. The molecule has 32 heavy (non-hydrogen) atoms. The SMILES string of the molecule is C=C(CCC(C)(O)C1C(O)CC2C3C(O)C=C4CC(O)CCC4(C)C3CCC21C)C(C)C. The molecule has 10 unspecified atom stereocenters. The fourth-order valence-electron chi connectivity index (χ4n) is 8.63. The Bertz CT molecular complexity index is 769. The lowest BCUT2D eigenvalue weighted by Gasteiger charge is -2.59. The first kappa shape index (κ1) is 24.4. The molecule has 0 bridgehead atoms. The van der Waals surface area contributed by atoms with E-state index in [0.29, 0.717) is 31.1 Å². The fraction of sp³-hybridized carbons (Fsp3) is 0.857. The van der Waals surface area contributed by atoms with E-state index in [0.717, 1.165) is 37.7 Å². The Labute approximate surface area is 194 Å². The van der Waals surface area contributed by atoms with E-state index >= 15 is 0 Å². The van der Waals surface area contributed by atoms with Crippen molar-refractivity contribution in [3.63, 3.8) is 0 Å². The molecule has 0 aromatic rings. The second-order valence-electron chi connectivity index (χ2n) is 12.8. The first-order chi connectivity index (χ1) is 14.8. The number of rotatable bonds is 5. The van der Waals surface area contributed by atoms with E-state index in [9.17, 15) is 20.4 Å². The van der Waals surface area contributed by atoms with Gasteiger partial charge in [-0.2, -0.15) is 0 Å². The van der Waals surface area contributed by atoms with Crippen LogP contribution in [0.5, 0.6) is 0 Å². The van der Waals surface area contributed by atoms with Gasteiger partial charge in [0.2, 0.25) is 0 Å². The highest BCUT2D eigenvalue weighted by atomic mass is 16.3. The van der Waals surface area contributed by atoms with Gasteiger partial charge in [0.1, 0.15) is 0 Å². The zero-order valence-corrected chi connectivity index (χ0v) is 20.8. The maximum Gasteiger partial charge on any atom is 0.0757 e. The fourth-order valence-corrected chi connectivity index (χ4v) is 8.63. The number of aliphatic hydroxyl groups excluding tert-OH is 3. The maximum absolute atomic E-state index is 11.6. The van der Waals surface area contributed by atoms with E-state index in [-0.39, 0.29) is 34.7 Å². The molecule has 4 heteroatoms. The Morgan fingerprint density at radius 1 is 1.16 bits per heavy atom. The first-order valence-corrected chi connectivity index (χ1v) is 13.0. The minimum atomic E-state index is -0.965. The van der Waals surface area contributed by atoms with E-state index in [2.05, 4.69) is 34.3 Å². The minimum absolute atomic E-state index is 0.0328. The summed E-state index contributed by atoms with van der Waals surface area (Å²) in [7, 11) is 0. The summed E-state index contributed by atoms with van der Waals surface area (Å²) in [4.78, 5) is 0. The van der Waals surface area contributed by atoms with Gasteiger partial charge >= 0.3 is 0 Å². The van der Waals surface area contributed by atoms with Crippen molar-refractivity contribution < 1.29 is 20.4 Å². The zero-order chi connectivity index (χ0) is 23.6. The van der Waals surface area contributed by atoms with Crippen LogP contribution in [0.3, 0.4) is 0 Å². The van der Waals surface area contributed by atoms with Gasteiger partial charge in [-0.15, -0.1) is 0 Å². The van der Waals surface area contributed by atoms with Crippen molar-refractivity contribution in [3.05, 3.63) is 23.8 Å². The minimum Gasteiger partial charge on any atom is -0.393 e. The standard InChI is InChI=1S/C28H46O4/c1-16(2)17(3)7-12-28(6,32)25-23(31)15-21-24-20(9-11-27(21,25)5)26(4)10-8-19(29)13-18(26)14-22(24)30/h14,16,19-25,29-32H,3,7-13,15H2,1-2,4-6H3. The molecule has 0 saturated heterocycles. The van der Waals surface area contributed by atoms with Gasteiger partial charge in [-0.3, -0.25) is 0 Å².